The van der Waals surface area contributed by atoms with Crippen molar-refractivity contribution < 1.29 is 54.6 Å². The molecule has 2 aromatic carbocycles. The van der Waals surface area contributed by atoms with Crippen molar-refractivity contribution in [3.8, 4) is 22.6 Å². The minimum Gasteiger partial charge on any atom is -0.488 e. The Balaban J connectivity index is 0.000000385. The zero-order valence-electron chi connectivity index (χ0n) is 21.4. The number of anilines is 1. The lowest BCUT2D eigenvalue weighted by molar-refractivity contribution is -0.274. The number of Topliss-reactive ketones (excluding diaryl/α,β-unsaturated/α-hetero) is 1. The third-order valence-electron chi connectivity index (χ3n) is 6.08. The van der Waals surface area contributed by atoms with Crippen LogP contribution >= 0.6 is 11.6 Å². The Morgan fingerprint density at radius 3 is 2.36 bits per heavy atom. The molecule has 4 aromatic rings. The number of furan rings is 2. The average molecular weight is 618 g/mol. The first-order chi connectivity index (χ1) is 19.9. The number of alkyl halides is 7. The summed E-state index contributed by atoms with van der Waals surface area (Å²) in [5.41, 5.74) is 1.99. The zero-order chi connectivity index (χ0) is 30.5. The predicted octanol–water partition coefficient (Wildman–Crippen LogP) is 7.41. The molecule has 7 nitrogen and oxygen atoms in total. The van der Waals surface area contributed by atoms with Gasteiger partial charge in [-0.05, 0) is 35.9 Å². The highest BCUT2D eigenvalue weighted by molar-refractivity contribution is 6.30. The minimum atomic E-state index is -4.88. The smallest absolute Gasteiger partial charge is 0.488 e. The molecule has 0 bridgehead atoms. The molecular formula is C28H22ClF6NO6. The Labute approximate surface area is 239 Å². The van der Waals surface area contributed by atoms with Crippen molar-refractivity contribution in [2.24, 2.45) is 0 Å². The summed E-state index contributed by atoms with van der Waals surface area (Å²) in [6.07, 6.45) is -6.80. The van der Waals surface area contributed by atoms with Crippen LogP contribution in [0, 0.1) is 0 Å². The summed E-state index contributed by atoms with van der Waals surface area (Å²) < 4.78 is 96.8. The van der Waals surface area contributed by atoms with Crippen molar-refractivity contribution in [2.45, 2.75) is 24.7 Å². The largest absolute Gasteiger partial charge is 0.573 e. The summed E-state index contributed by atoms with van der Waals surface area (Å²) in [7, 11) is 0. The molecule has 0 amide bonds. The number of carbonyl (C=O) groups is 1. The second-order valence-electron chi connectivity index (χ2n) is 8.89. The molecule has 1 aliphatic rings. The summed E-state index contributed by atoms with van der Waals surface area (Å²) in [4.78, 5) is 12.0. The van der Waals surface area contributed by atoms with Crippen molar-refractivity contribution in [3.05, 3.63) is 90.8 Å². The lowest BCUT2D eigenvalue weighted by Gasteiger charge is -2.40. The normalized spacial score (nSPS) is 15.6. The van der Waals surface area contributed by atoms with Crippen LogP contribution in [0.25, 0.3) is 11.1 Å². The van der Waals surface area contributed by atoms with Crippen LogP contribution in [0.2, 0.25) is 0 Å². The van der Waals surface area contributed by atoms with E-state index < -0.39 is 37.0 Å². The van der Waals surface area contributed by atoms with Gasteiger partial charge in [0.25, 0.3) is 0 Å². The fraction of sp³-hybridized carbons (Fsp3) is 0.250. The van der Waals surface area contributed by atoms with Crippen LogP contribution in [0.3, 0.4) is 0 Å². The molecule has 224 valence electrons. The molecule has 5 rings (SSSR count). The Hall–Kier alpha value is -4.10. The SMILES string of the molecule is O=C(CCl)c1ccoc1.OC(CN1c2cccc(-c3cccc(OC(F)(F)F)c3)c2OCC1c1ccoc1)C(F)(F)F. The molecule has 1 aliphatic heterocycles. The summed E-state index contributed by atoms with van der Waals surface area (Å²) in [6, 6.07) is 12.3. The second-order valence-corrected chi connectivity index (χ2v) is 9.16. The van der Waals surface area contributed by atoms with Gasteiger partial charge in [-0.15, -0.1) is 24.8 Å². The maximum Gasteiger partial charge on any atom is 0.573 e. The first kappa shape index (κ1) is 30.8. The van der Waals surface area contributed by atoms with Gasteiger partial charge in [-0.2, -0.15) is 13.2 Å². The summed E-state index contributed by atoms with van der Waals surface area (Å²) in [6.45, 7) is -0.858. The molecule has 0 saturated heterocycles. The Morgan fingerprint density at radius 2 is 1.74 bits per heavy atom. The molecule has 2 aromatic heterocycles. The van der Waals surface area contributed by atoms with Gasteiger partial charge >= 0.3 is 12.5 Å². The highest BCUT2D eigenvalue weighted by Gasteiger charge is 2.42. The Morgan fingerprint density at radius 1 is 1.02 bits per heavy atom. The van der Waals surface area contributed by atoms with Gasteiger partial charge in [0.2, 0.25) is 0 Å². The number of benzene rings is 2. The molecular weight excluding hydrogens is 596 g/mol. The average Bonchev–Trinajstić information content (AvgIpc) is 3.67. The van der Waals surface area contributed by atoms with Gasteiger partial charge in [0.05, 0.1) is 48.5 Å². The predicted molar refractivity (Wildman–Crippen MR) is 139 cm³/mol. The lowest BCUT2D eigenvalue weighted by atomic mass is 9.99. The number of β-amino-alcohol motifs (C(OH)–C–C–N with tert-alkyl or cyclic N) is 1. The number of halogens is 7. The van der Waals surface area contributed by atoms with Crippen LogP contribution in [0.4, 0.5) is 32.0 Å². The van der Waals surface area contributed by atoms with Crippen LogP contribution in [0.1, 0.15) is 22.0 Å². The van der Waals surface area contributed by atoms with Gasteiger partial charge in [-0.25, -0.2) is 0 Å². The van der Waals surface area contributed by atoms with Crippen molar-refractivity contribution in [1.82, 2.24) is 0 Å². The van der Waals surface area contributed by atoms with Gasteiger partial charge < -0.3 is 28.3 Å². The first-order valence-corrected chi connectivity index (χ1v) is 12.7. The fourth-order valence-corrected chi connectivity index (χ4v) is 4.32. The number of hydrogen-bond donors (Lipinski definition) is 1. The van der Waals surface area contributed by atoms with Gasteiger partial charge in [0, 0.05) is 11.1 Å². The van der Waals surface area contributed by atoms with Crippen LogP contribution in [-0.4, -0.2) is 48.6 Å². The van der Waals surface area contributed by atoms with E-state index in [-0.39, 0.29) is 29.7 Å². The van der Waals surface area contributed by atoms with Crippen LogP contribution < -0.4 is 14.4 Å². The molecule has 42 heavy (non-hydrogen) atoms. The van der Waals surface area contributed by atoms with E-state index in [1.165, 1.54) is 48.2 Å². The van der Waals surface area contributed by atoms with E-state index in [0.717, 1.165) is 12.1 Å². The van der Waals surface area contributed by atoms with Crippen molar-refractivity contribution >= 4 is 23.1 Å². The van der Waals surface area contributed by atoms with Gasteiger partial charge in [-0.3, -0.25) is 4.79 Å². The van der Waals surface area contributed by atoms with Gasteiger partial charge in [0.1, 0.15) is 18.6 Å². The molecule has 2 atom stereocenters. The molecule has 0 radical (unpaired) electrons. The summed E-state index contributed by atoms with van der Waals surface area (Å²) >= 11 is 5.25. The van der Waals surface area contributed by atoms with Crippen molar-refractivity contribution in [2.75, 3.05) is 23.9 Å². The number of para-hydroxylation sites is 1. The van der Waals surface area contributed by atoms with Crippen LogP contribution in [0.5, 0.6) is 11.5 Å². The summed E-state index contributed by atoms with van der Waals surface area (Å²) in [5.74, 6) is -0.366. The molecule has 0 spiro atoms. The number of rotatable bonds is 7. The first-order valence-electron chi connectivity index (χ1n) is 12.1. The lowest BCUT2D eigenvalue weighted by Crippen LogP contribution is -2.45. The van der Waals surface area contributed by atoms with E-state index in [2.05, 4.69) is 9.15 Å². The molecule has 1 N–H and O–H groups in total. The van der Waals surface area contributed by atoms with Crippen molar-refractivity contribution in [1.29, 1.82) is 0 Å². The van der Waals surface area contributed by atoms with Crippen LogP contribution in [-0.2, 0) is 0 Å². The fourth-order valence-electron chi connectivity index (χ4n) is 4.17. The van der Waals surface area contributed by atoms with Crippen molar-refractivity contribution in [3.63, 3.8) is 0 Å². The number of aliphatic hydroxyl groups excluding tert-OH is 1. The van der Waals surface area contributed by atoms with Crippen LogP contribution in [0.15, 0.2) is 88.5 Å². The monoisotopic (exact) mass is 617 g/mol. The topological polar surface area (TPSA) is 85.3 Å². The minimum absolute atomic E-state index is 0.0134. The van der Waals surface area contributed by atoms with E-state index in [0.29, 0.717) is 22.3 Å². The third kappa shape index (κ3) is 7.59. The van der Waals surface area contributed by atoms with E-state index in [1.54, 1.807) is 24.3 Å². The molecule has 0 saturated carbocycles. The van der Waals surface area contributed by atoms with Gasteiger partial charge in [-0.1, -0.05) is 24.3 Å². The summed E-state index contributed by atoms with van der Waals surface area (Å²) in [5, 5.41) is 9.76. The molecule has 2 unspecified atom stereocenters. The Bertz CT molecular complexity index is 1460. The number of nitrogens with zero attached hydrogens (tertiary/aromatic N) is 1. The number of ether oxygens (including phenoxy) is 2. The van der Waals surface area contributed by atoms with E-state index in [1.807, 2.05) is 0 Å². The highest BCUT2D eigenvalue weighted by atomic mass is 35.5. The Kier molecular flexibility index (Phi) is 9.42. The maximum atomic E-state index is 13.1. The molecule has 0 aliphatic carbocycles. The maximum absolute atomic E-state index is 13.1. The number of aliphatic hydroxyl groups is 1. The van der Waals surface area contributed by atoms with E-state index in [9.17, 15) is 36.2 Å². The second kappa shape index (κ2) is 12.8. The zero-order valence-corrected chi connectivity index (χ0v) is 22.1. The standard InChI is InChI=1S/C22H17F6NO4.C6H5ClO2/c23-21(24,25)19(30)10-29-17-6-2-5-16(13-3-1-4-15(9-13)33-22(26,27)28)20(17)32-12-18(29)14-7-8-31-11-14;7-3-6(8)5-1-2-9-4-5/h1-9,11,18-19,30H,10,12H2;1-2,4H,3H2. The molecule has 14 heteroatoms. The van der Waals surface area contributed by atoms with Gasteiger partial charge in [0.15, 0.2) is 17.6 Å². The van der Waals surface area contributed by atoms with E-state index >= 15 is 0 Å². The highest BCUT2D eigenvalue weighted by Crippen LogP contribution is 2.46. The molecule has 3 heterocycles. The van der Waals surface area contributed by atoms with E-state index in [4.69, 9.17) is 20.8 Å². The molecule has 0 fully saturated rings. The number of hydrogen-bond acceptors (Lipinski definition) is 7. The third-order valence-corrected chi connectivity index (χ3v) is 6.33. The number of fused-ring (bicyclic) bond motifs is 1. The quantitative estimate of drug-likeness (QED) is 0.131. The number of carbonyl (C=O) groups excluding carboxylic acids is 1. The number of ketones is 1.